The average molecular weight is 349 g/mol. The second kappa shape index (κ2) is 7.18. The van der Waals surface area contributed by atoms with Crippen LogP contribution in [0.25, 0.3) is 0 Å². The van der Waals surface area contributed by atoms with Crippen molar-refractivity contribution in [3.63, 3.8) is 0 Å². The van der Waals surface area contributed by atoms with Crippen molar-refractivity contribution >= 4 is 28.7 Å². The summed E-state index contributed by atoms with van der Waals surface area (Å²) in [6.07, 6.45) is 1.30. The van der Waals surface area contributed by atoms with Gasteiger partial charge < -0.3 is 10.6 Å². The topological polar surface area (TPSA) is 93.0 Å². The molecule has 0 atom stereocenters. The van der Waals surface area contributed by atoms with E-state index in [4.69, 9.17) is 0 Å². The first kappa shape index (κ1) is 17.3. The zero-order valence-corrected chi connectivity index (χ0v) is 14.8. The van der Waals surface area contributed by atoms with Crippen molar-refractivity contribution < 1.29 is 4.92 Å². The van der Waals surface area contributed by atoms with Crippen molar-refractivity contribution in [1.29, 1.82) is 0 Å². The van der Waals surface area contributed by atoms with Crippen LogP contribution in [-0.4, -0.2) is 14.9 Å². The van der Waals surface area contributed by atoms with Crippen molar-refractivity contribution in [3.05, 3.63) is 75.6 Å². The van der Waals surface area contributed by atoms with Crippen LogP contribution in [0.2, 0.25) is 0 Å². The first-order valence-electron chi connectivity index (χ1n) is 8.11. The van der Waals surface area contributed by atoms with Crippen LogP contribution in [0.15, 0.2) is 48.8 Å². The van der Waals surface area contributed by atoms with Crippen LogP contribution in [0.5, 0.6) is 0 Å². The fourth-order valence-corrected chi connectivity index (χ4v) is 2.46. The van der Waals surface area contributed by atoms with E-state index >= 15 is 0 Å². The maximum Gasteiger partial charge on any atom is 0.353 e. The lowest BCUT2D eigenvalue weighted by atomic mass is 10.1. The van der Waals surface area contributed by atoms with Gasteiger partial charge in [-0.25, -0.2) is 9.97 Å². The minimum atomic E-state index is -0.486. The Morgan fingerprint density at radius 3 is 2.00 bits per heavy atom. The Hall–Kier alpha value is -3.48. The standard InChI is InChI=1S/C19H19N5O2/c1-12-4-7-15(8-5-12)22-18-17(24(25)26)19(21-11-20-18)23-16-9-6-13(2)14(3)10-16/h4-11H,1-3H3,(H2,20,21,22,23). The van der Waals surface area contributed by atoms with E-state index in [2.05, 4.69) is 20.6 Å². The Balaban J connectivity index is 1.96. The van der Waals surface area contributed by atoms with Gasteiger partial charge in [-0.3, -0.25) is 10.1 Å². The van der Waals surface area contributed by atoms with Crippen LogP contribution < -0.4 is 10.6 Å². The average Bonchev–Trinajstić information content (AvgIpc) is 2.60. The first-order chi connectivity index (χ1) is 12.4. The van der Waals surface area contributed by atoms with Gasteiger partial charge in [0.15, 0.2) is 0 Å². The van der Waals surface area contributed by atoms with Gasteiger partial charge in [-0.15, -0.1) is 0 Å². The molecule has 3 aromatic rings. The molecule has 0 unspecified atom stereocenters. The molecule has 0 fully saturated rings. The monoisotopic (exact) mass is 349 g/mol. The Labute approximate surface area is 151 Å². The lowest BCUT2D eigenvalue weighted by Gasteiger charge is -2.11. The smallest absolute Gasteiger partial charge is 0.334 e. The van der Waals surface area contributed by atoms with E-state index in [1.165, 1.54) is 6.33 Å². The highest BCUT2D eigenvalue weighted by Crippen LogP contribution is 2.33. The third-order valence-corrected chi connectivity index (χ3v) is 4.09. The molecular formula is C19H19N5O2. The molecule has 2 aromatic carbocycles. The summed E-state index contributed by atoms with van der Waals surface area (Å²) in [5.41, 5.74) is 4.58. The van der Waals surface area contributed by atoms with Crippen LogP contribution in [0.1, 0.15) is 16.7 Å². The molecule has 0 amide bonds. The summed E-state index contributed by atoms with van der Waals surface area (Å²) in [7, 11) is 0. The third kappa shape index (κ3) is 3.77. The number of anilines is 4. The Morgan fingerprint density at radius 1 is 0.846 bits per heavy atom. The molecule has 0 radical (unpaired) electrons. The Morgan fingerprint density at radius 2 is 1.42 bits per heavy atom. The van der Waals surface area contributed by atoms with Crippen LogP contribution in [-0.2, 0) is 0 Å². The molecule has 0 saturated carbocycles. The lowest BCUT2D eigenvalue weighted by molar-refractivity contribution is -0.383. The first-order valence-corrected chi connectivity index (χ1v) is 8.11. The van der Waals surface area contributed by atoms with Gasteiger partial charge in [0.05, 0.1) is 4.92 Å². The fraction of sp³-hybridized carbons (Fsp3) is 0.158. The summed E-state index contributed by atoms with van der Waals surface area (Å²) >= 11 is 0. The van der Waals surface area contributed by atoms with Crippen LogP contribution >= 0.6 is 0 Å². The van der Waals surface area contributed by atoms with Crippen LogP contribution in [0.3, 0.4) is 0 Å². The van der Waals surface area contributed by atoms with E-state index in [0.717, 1.165) is 28.1 Å². The number of nitrogens with zero attached hydrogens (tertiary/aromatic N) is 3. The number of hydrogen-bond acceptors (Lipinski definition) is 6. The largest absolute Gasteiger partial charge is 0.353 e. The molecule has 7 heteroatoms. The normalized spacial score (nSPS) is 10.4. The van der Waals surface area contributed by atoms with Gasteiger partial charge in [-0.2, -0.15) is 0 Å². The predicted molar refractivity (Wildman–Crippen MR) is 102 cm³/mol. The number of benzene rings is 2. The second-order valence-electron chi connectivity index (χ2n) is 6.09. The highest BCUT2D eigenvalue weighted by molar-refractivity contribution is 5.76. The predicted octanol–water partition coefficient (Wildman–Crippen LogP) is 4.80. The molecule has 1 aromatic heterocycles. The van der Waals surface area contributed by atoms with Gasteiger partial charge in [0.1, 0.15) is 6.33 Å². The molecule has 2 N–H and O–H groups in total. The number of nitro groups is 1. The zero-order chi connectivity index (χ0) is 18.7. The summed E-state index contributed by atoms with van der Waals surface area (Å²) in [5, 5.41) is 17.7. The number of aryl methyl sites for hydroxylation is 3. The molecule has 1 heterocycles. The van der Waals surface area contributed by atoms with Crippen molar-refractivity contribution in [3.8, 4) is 0 Å². The molecule has 132 valence electrons. The SMILES string of the molecule is Cc1ccc(Nc2ncnc(Nc3ccc(C)c(C)c3)c2[N+](=O)[O-])cc1. The number of aromatic nitrogens is 2. The van der Waals surface area contributed by atoms with E-state index in [1.807, 2.05) is 63.2 Å². The molecule has 0 saturated heterocycles. The highest BCUT2D eigenvalue weighted by Gasteiger charge is 2.23. The molecule has 7 nitrogen and oxygen atoms in total. The second-order valence-corrected chi connectivity index (χ2v) is 6.09. The number of nitrogens with one attached hydrogen (secondary N) is 2. The number of rotatable bonds is 5. The molecule has 0 aliphatic carbocycles. The summed E-state index contributed by atoms with van der Waals surface area (Å²) in [4.78, 5) is 19.3. The van der Waals surface area contributed by atoms with Crippen LogP contribution in [0, 0.1) is 30.9 Å². The van der Waals surface area contributed by atoms with Gasteiger partial charge >= 0.3 is 5.69 Å². The van der Waals surface area contributed by atoms with Gasteiger partial charge in [0.2, 0.25) is 11.6 Å². The van der Waals surface area contributed by atoms with Crippen molar-refractivity contribution in [2.24, 2.45) is 0 Å². The molecule has 0 bridgehead atoms. The third-order valence-electron chi connectivity index (χ3n) is 4.09. The van der Waals surface area contributed by atoms with E-state index < -0.39 is 4.92 Å². The van der Waals surface area contributed by atoms with Gasteiger partial charge in [0.25, 0.3) is 0 Å². The summed E-state index contributed by atoms with van der Waals surface area (Å²) in [6.45, 7) is 5.97. The van der Waals surface area contributed by atoms with Crippen molar-refractivity contribution in [2.75, 3.05) is 10.6 Å². The van der Waals surface area contributed by atoms with E-state index in [0.29, 0.717) is 0 Å². The van der Waals surface area contributed by atoms with Gasteiger partial charge in [-0.05, 0) is 56.2 Å². The summed E-state index contributed by atoms with van der Waals surface area (Å²) < 4.78 is 0. The molecule has 3 rings (SSSR count). The molecular weight excluding hydrogens is 330 g/mol. The number of hydrogen-bond donors (Lipinski definition) is 2. The van der Waals surface area contributed by atoms with E-state index in [1.54, 1.807) is 0 Å². The fourth-order valence-electron chi connectivity index (χ4n) is 2.46. The zero-order valence-electron chi connectivity index (χ0n) is 14.8. The van der Waals surface area contributed by atoms with E-state index in [9.17, 15) is 10.1 Å². The minimum Gasteiger partial charge on any atom is -0.334 e. The van der Waals surface area contributed by atoms with Crippen LogP contribution in [0.4, 0.5) is 28.7 Å². The molecule has 0 spiro atoms. The molecule has 0 aliphatic heterocycles. The maximum atomic E-state index is 11.6. The molecule has 26 heavy (non-hydrogen) atoms. The highest BCUT2D eigenvalue weighted by atomic mass is 16.6. The van der Waals surface area contributed by atoms with Crippen molar-refractivity contribution in [1.82, 2.24) is 9.97 Å². The van der Waals surface area contributed by atoms with Crippen molar-refractivity contribution in [2.45, 2.75) is 20.8 Å². The summed E-state index contributed by atoms with van der Waals surface area (Å²) in [6, 6.07) is 13.3. The van der Waals surface area contributed by atoms with E-state index in [-0.39, 0.29) is 17.3 Å². The quantitative estimate of drug-likeness (QED) is 0.508. The molecule has 0 aliphatic rings. The minimum absolute atomic E-state index is 0.139. The summed E-state index contributed by atoms with van der Waals surface area (Å²) in [5.74, 6) is 0.281. The maximum absolute atomic E-state index is 11.6. The van der Waals surface area contributed by atoms with Gasteiger partial charge in [-0.1, -0.05) is 23.8 Å². The Bertz CT molecular complexity index is 955. The lowest BCUT2D eigenvalue weighted by Crippen LogP contribution is -2.05. The Kier molecular flexibility index (Phi) is 4.79. The van der Waals surface area contributed by atoms with Gasteiger partial charge in [0, 0.05) is 11.4 Å².